The maximum Gasteiger partial charge on any atom is 0.472 e. The van der Waals surface area contributed by atoms with Crippen LogP contribution in [-0.2, 0) is 39.2 Å². The predicted octanol–water partition coefficient (Wildman–Crippen LogP) is 0.406. The Morgan fingerprint density at radius 1 is 1.09 bits per heavy atom. The minimum Gasteiger partial charge on any atom is -0.389 e. The zero-order valence-corrected chi connectivity index (χ0v) is 26.7. The van der Waals surface area contributed by atoms with Gasteiger partial charge in [-0.25, -0.2) is 28.9 Å². The monoisotopic (exact) mass is 724 g/mol. The number of nitrogen functional groups attached to an aromatic ring is 2. The fraction of sp³-hybridized carbons (Fsp3) is 0.500. The third-order valence-corrected chi connectivity index (χ3v) is 12.0. The largest absolute Gasteiger partial charge is 0.472 e. The lowest BCUT2D eigenvalue weighted by Gasteiger charge is -2.27. The molecule has 0 saturated carbocycles. The van der Waals surface area contributed by atoms with E-state index < -0.39 is 73.1 Å². The van der Waals surface area contributed by atoms with E-state index in [-0.39, 0.29) is 40.7 Å². The van der Waals surface area contributed by atoms with Crippen molar-refractivity contribution in [2.24, 2.45) is 0 Å². The molecule has 0 spiro atoms. The normalized spacial score (nSPS) is 37.7. The Hall–Kier alpha value is -2.27. The molecule has 2 bridgehead atoms. The van der Waals surface area contributed by atoms with Gasteiger partial charge in [-0.2, -0.15) is 4.98 Å². The second-order valence-electron chi connectivity index (χ2n) is 10.1. The maximum absolute atomic E-state index is 16.1. The average Bonchev–Trinajstić information content (AvgIpc) is 3.72. The number of aromatic amines is 1. The fourth-order valence-corrected chi connectivity index (χ4v) is 9.84. The van der Waals surface area contributed by atoms with Gasteiger partial charge in [0.1, 0.15) is 35.5 Å². The van der Waals surface area contributed by atoms with Crippen molar-refractivity contribution in [2.45, 2.75) is 47.4 Å². The SMILES string of the molecule is Nc1nc2c(ncn2[C@@H]2S[C@@H]3COP(=S)(S)O[C@H]4[C@H](F)[C@H](n5cnc6c(N)ncnc65)O[C@@H]4COP(=O)(O)O[C@@H]2[C@@H]3O)c(=O)[nH]1. The fourth-order valence-electron chi connectivity index (χ4n) is 5.26. The molecule has 0 aliphatic carbocycles. The van der Waals surface area contributed by atoms with Gasteiger partial charge in [0.15, 0.2) is 35.0 Å². The van der Waals surface area contributed by atoms with Crippen molar-refractivity contribution < 1.29 is 41.8 Å². The minimum absolute atomic E-state index is 0.0369. The standard InChI is InChI=1S/C20H23FN10O9P2S3/c21-8-12-6(38-18(8)30-4-26-9-14(22)24-3-25-15(9)30)1-36-41(34,35)39-13-11(32)7(2-37-42(43,44)40-12)45-19(13)31-5-27-10-16(31)28-20(23)29-17(10)33/h3-8,11-13,18-19,32H,1-2H2,(H,34,35)(H,43,44)(H2,22,24,25)(H3,23,28,29,33)/t6-,7-,8+,11-,12-,13-,18-,19-/m1/s1. The molecule has 0 amide bonds. The number of imidazole rings is 2. The molecule has 3 aliphatic rings. The summed E-state index contributed by atoms with van der Waals surface area (Å²) in [6.07, 6.45) is -5.32. The Labute approximate surface area is 265 Å². The van der Waals surface area contributed by atoms with E-state index in [9.17, 15) is 19.4 Å². The number of hydrogen-bond acceptors (Lipinski definition) is 17. The summed E-state index contributed by atoms with van der Waals surface area (Å²) in [4.78, 5) is 45.7. The van der Waals surface area contributed by atoms with E-state index in [0.29, 0.717) is 0 Å². The molecule has 10 atom stereocenters. The van der Waals surface area contributed by atoms with Gasteiger partial charge in [-0.05, 0) is 11.8 Å². The number of aromatic nitrogens is 8. The van der Waals surface area contributed by atoms with Gasteiger partial charge in [0.05, 0.1) is 37.2 Å². The van der Waals surface area contributed by atoms with Crippen molar-refractivity contribution in [2.75, 3.05) is 24.7 Å². The van der Waals surface area contributed by atoms with E-state index in [1.807, 2.05) is 0 Å². The van der Waals surface area contributed by atoms with Crippen molar-refractivity contribution in [3.8, 4) is 0 Å². The molecule has 3 fully saturated rings. The number of aliphatic hydroxyl groups is 1. The topological polar surface area (TPSA) is 263 Å². The number of nitrogens with two attached hydrogens (primary N) is 2. The molecule has 3 saturated heterocycles. The lowest BCUT2D eigenvalue weighted by Crippen LogP contribution is -2.35. The van der Waals surface area contributed by atoms with Crippen LogP contribution >= 0.6 is 37.5 Å². The number of aliphatic hydroxyl groups excluding tert-OH is 1. The van der Waals surface area contributed by atoms with Crippen LogP contribution in [0.15, 0.2) is 23.8 Å². The molecule has 0 aromatic carbocycles. The zero-order chi connectivity index (χ0) is 31.8. The summed E-state index contributed by atoms with van der Waals surface area (Å²) < 4.78 is 60.3. The van der Waals surface area contributed by atoms with Gasteiger partial charge in [-0.15, -0.1) is 11.8 Å². The van der Waals surface area contributed by atoms with Gasteiger partial charge in [0, 0.05) is 0 Å². The highest BCUT2D eigenvalue weighted by atomic mass is 32.9. The first-order chi connectivity index (χ1) is 21.3. The van der Waals surface area contributed by atoms with Gasteiger partial charge in [0.2, 0.25) is 11.6 Å². The van der Waals surface area contributed by atoms with Crippen LogP contribution in [0.2, 0.25) is 0 Å². The summed E-state index contributed by atoms with van der Waals surface area (Å²) in [7, 11) is -4.99. The van der Waals surface area contributed by atoms with Crippen molar-refractivity contribution in [3.63, 3.8) is 0 Å². The first-order valence-electron chi connectivity index (χ1n) is 12.9. The highest BCUT2D eigenvalue weighted by Crippen LogP contribution is 2.60. The van der Waals surface area contributed by atoms with Gasteiger partial charge in [-0.3, -0.25) is 28.0 Å². The Kier molecular flexibility index (Phi) is 7.98. The van der Waals surface area contributed by atoms with E-state index in [2.05, 4.69) is 42.2 Å². The third-order valence-electron chi connectivity index (χ3n) is 7.28. The average molecular weight is 725 g/mol. The van der Waals surface area contributed by atoms with Gasteiger partial charge in [0.25, 0.3) is 5.56 Å². The number of ether oxygens (including phenoxy) is 1. The molecule has 25 heteroatoms. The molecule has 7 N–H and O–H groups in total. The molecule has 7 heterocycles. The maximum atomic E-state index is 16.1. The summed E-state index contributed by atoms with van der Waals surface area (Å²) >= 11 is 10.9. The number of fused-ring (bicyclic) bond motifs is 5. The van der Waals surface area contributed by atoms with Gasteiger partial charge >= 0.3 is 7.82 Å². The Morgan fingerprint density at radius 3 is 2.64 bits per heavy atom. The quantitative estimate of drug-likeness (QED) is 0.121. The molecule has 4 aromatic heterocycles. The molecule has 3 aliphatic heterocycles. The van der Waals surface area contributed by atoms with E-state index in [1.165, 1.54) is 28.1 Å². The second kappa shape index (κ2) is 11.5. The zero-order valence-electron chi connectivity index (χ0n) is 22.3. The highest BCUT2D eigenvalue weighted by molar-refractivity contribution is 8.60. The molecule has 7 rings (SSSR count). The van der Waals surface area contributed by atoms with Gasteiger partial charge < -0.3 is 35.3 Å². The van der Waals surface area contributed by atoms with Crippen LogP contribution in [0, 0.1) is 0 Å². The lowest BCUT2D eigenvalue weighted by molar-refractivity contribution is -0.0486. The molecule has 0 radical (unpaired) electrons. The van der Waals surface area contributed by atoms with E-state index in [4.69, 9.17) is 46.1 Å². The number of phosphoric ester groups is 1. The van der Waals surface area contributed by atoms with Crippen LogP contribution in [0.5, 0.6) is 0 Å². The summed E-state index contributed by atoms with van der Waals surface area (Å²) in [5, 5.41) is 9.39. The van der Waals surface area contributed by atoms with E-state index in [0.717, 1.165) is 11.8 Å². The summed E-state index contributed by atoms with van der Waals surface area (Å²) in [5.74, 6) is -0.133. The molecule has 2 unspecified atom stereocenters. The van der Waals surface area contributed by atoms with Crippen LogP contribution < -0.4 is 17.0 Å². The number of alkyl halides is 1. The Morgan fingerprint density at radius 2 is 1.84 bits per heavy atom. The Bertz CT molecular complexity index is 1950. The first-order valence-corrected chi connectivity index (χ1v) is 19.1. The number of thioether (sulfide) groups is 1. The number of hydrogen-bond donors (Lipinski definition) is 6. The summed E-state index contributed by atoms with van der Waals surface area (Å²) in [5.41, 5.74) is 7.77. The Balaban J connectivity index is 1.21. The highest BCUT2D eigenvalue weighted by Gasteiger charge is 2.53. The van der Waals surface area contributed by atoms with Crippen LogP contribution in [0.25, 0.3) is 22.3 Å². The summed E-state index contributed by atoms with van der Waals surface area (Å²) in [6, 6.07) is 0. The number of phosphoric acid groups is 1. The van der Waals surface area contributed by atoms with Crippen molar-refractivity contribution in [1.29, 1.82) is 0 Å². The number of nitrogens with zero attached hydrogens (tertiary/aromatic N) is 7. The molecular formula is C20H23FN10O9P2S3. The van der Waals surface area contributed by atoms with Crippen LogP contribution in [0.1, 0.15) is 11.6 Å². The van der Waals surface area contributed by atoms with Crippen molar-refractivity contribution in [1.82, 2.24) is 39.0 Å². The molecular weight excluding hydrogens is 701 g/mol. The van der Waals surface area contributed by atoms with Gasteiger partial charge in [-0.1, -0.05) is 12.2 Å². The molecule has 19 nitrogen and oxygen atoms in total. The number of halogens is 1. The molecule has 4 aromatic rings. The molecule has 242 valence electrons. The van der Waals surface area contributed by atoms with Crippen LogP contribution in [0.4, 0.5) is 16.2 Å². The first kappa shape index (κ1) is 31.3. The number of rotatable bonds is 2. The number of H-pyrrole nitrogens is 1. The predicted molar refractivity (Wildman–Crippen MR) is 162 cm³/mol. The third kappa shape index (κ3) is 5.68. The lowest BCUT2D eigenvalue weighted by atomic mass is 10.1. The van der Waals surface area contributed by atoms with E-state index >= 15 is 4.39 Å². The van der Waals surface area contributed by atoms with Crippen LogP contribution in [-0.4, -0.2) is 98.1 Å². The van der Waals surface area contributed by atoms with Crippen LogP contribution in [0.3, 0.4) is 0 Å². The number of thiol groups is 1. The second-order valence-corrected chi connectivity index (χ2v) is 18.1. The minimum atomic E-state index is -4.99. The molecule has 45 heavy (non-hydrogen) atoms. The summed E-state index contributed by atoms with van der Waals surface area (Å²) in [6.45, 7) is -1.00. The van der Waals surface area contributed by atoms with E-state index in [1.54, 1.807) is 0 Å². The van der Waals surface area contributed by atoms with Crippen molar-refractivity contribution >= 4 is 83.4 Å². The number of nitrogens with one attached hydrogen (secondary N) is 1. The van der Waals surface area contributed by atoms with Crippen molar-refractivity contribution in [3.05, 3.63) is 29.3 Å². The smallest absolute Gasteiger partial charge is 0.389 e. The number of anilines is 2.